The largest absolute Gasteiger partial charge is 0.507 e. The molecule has 0 spiro atoms. The van der Waals surface area contributed by atoms with Gasteiger partial charge < -0.3 is 9.84 Å². The van der Waals surface area contributed by atoms with Crippen molar-refractivity contribution in [3.8, 4) is 11.5 Å². The number of para-hydroxylation sites is 1. The number of nitrogens with one attached hydrogen (secondary N) is 1. The first-order chi connectivity index (χ1) is 17.4. The first kappa shape index (κ1) is 28.3. The van der Waals surface area contributed by atoms with Gasteiger partial charge in [0.2, 0.25) is 5.91 Å². The minimum atomic E-state index is -0.214. The van der Waals surface area contributed by atoms with Crippen molar-refractivity contribution in [2.24, 2.45) is 5.10 Å². The van der Waals surface area contributed by atoms with Crippen LogP contribution in [-0.4, -0.2) is 17.2 Å². The second-order valence-electron chi connectivity index (χ2n) is 11.3. The van der Waals surface area contributed by atoms with Crippen molar-refractivity contribution < 1.29 is 14.6 Å². The zero-order valence-electron chi connectivity index (χ0n) is 22.6. The number of phenols is 1. The van der Waals surface area contributed by atoms with Crippen LogP contribution in [0, 0.1) is 0 Å². The number of rotatable bonds is 8. The van der Waals surface area contributed by atoms with Crippen LogP contribution in [0.15, 0.2) is 65.8 Å². The molecule has 196 valence electrons. The van der Waals surface area contributed by atoms with E-state index in [-0.39, 0.29) is 23.2 Å². The molecule has 3 aromatic rings. The van der Waals surface area contributed by atoms with Gasteiger partial charge in [0.05, 0.1) is 6.21 Å². The average Bonchev–Trinajstić information content (AvgIpc) is 2.82. The van der Waals surface area contributed by atoms with Crippen molar-refractivity contribution >= 4 is 23.7 Å². The van der Waals surface area contributed by atoms with Crippen molar-refractivity contribution in [2.75, 3.05) is 0 Å². The van der Waals surface area contributed by atoms with Crippen LogP contribution < -0.4 is 10.2 Å². The number of aromatic hydroxyl groups is 1. The van der Waals surface area contributed by atoms with E-state index >= 15 is 0 Å². The summed E-state index contributed by atoms with van der Waals surface area (Å²) in [6, 6.07) is 19.0. The standard InChI is InChI=1S/C31H37ClN2O3/c1-30(2,3)24-17-21(18-25(29(24)36)31(4,5)6)15-16-28(35)34-33-19-22-11-8-10-14-27(22)37-20-23-12-7-9-13-26(23)32/h7-14,17-19,36H,15-16,20H2,1-6H3,(H,34,35)/b33-19-. The topological polar surface area (TPSA) is 70.9 Å². The molecule has 0 heterocycles. The Morgan fingerprint density at radius 1 is 0.973 bits per heavy atom. The minimum Gasteiger partial charge on any atom is -0.507 e. The number of hydrazone groups is 1. The fourth-order valence-corrected chi connectivity index (χ4v) is 4.15. The lowest BCUT2D eigenvalue weighted by Gasteiger charge is -2.28. The first-order valence-corrected chi connectivity index (χ1v) is 12.9. The Bertz CT molecular complexity index is 1230. The summed E-state index contributed by atoms with van der Waals surface area (Å²) in [7, 11) is 0. The Hall–Kier alpha value is -3.31. The SMILES string of the molecule is CC(C)(C)c1cc(CCC(=O)N/N=C\c2ccccc2OCc2ccccc2Cl)cc(C(C)(C)C)c1O. The molecule has 5 nitrogen and oxygen atoms in total. The van der Waals surface area contributed by atoms with E-state index in [2.05, 4.69) is 52.1 Å². The van der Waals surface area contributed by atoms with Crippen LogP contribution in [0.3, 0.4) is 0 Å². The normalized spacial score (nSPS) is 12.1. The van der Waals surface area contributed by atoms with E-state index in [0.29, 0.717) is 29.5 Å². The minimum absolute atomic E-state index is 0.187. The predicted molar refractivity (Wildman–Crippen MR) is 152 cm³/mol. The van der Waals surface area contributed by atoms with Gasteiger partial charge >= 0.3 is 0 Å². The summed E-state index contributed by atoms with van der Waals surface area (Å²) in [5.41, 5.74) is 6.63. The fraction of sp³-hybridized carbons (Fsp3) is 0.355. The molecular formula is C31H37ClN2O3. The molecule has 0 aromatic heterocycles. The number of aryl methyl sites for hydroxylation is 1. The molecule has 37 heavy (non-hydrogen) atoms. The maximum absolute atomic E-state index is 12.6. The van der Waals surface area contributed by atoms with E-state index in [1.54, 1.807) is 6.21 Å². The molecule has 0 unspecified atom stereocenters. The fourth-order valence-electron chi connectivity index (χ4n) is 3.96. The second kappa shape index (κ2) is 11.8. The molecule has 0 saturated carbocycles. The molecule has 0 radical (unpaired) electrons. The van der Waals surface area contributed by atoms with Crippen molar-refractivity contribution in [2.45, 2.75) is 71.8 Å². The third-order valence-corrected chi connectivity index (χ3v) is 6.45. The first-order valence-electron chi connectivity index (χ1n) is 12.5. The van der Waals surface area contributed by atoms with Crippen LogP contribution >= 0.6 is 11.6 Å². The number of halogens is 1. The third kappa shape index (κ3) is 7.83. The number of phenolic OH excluding ortho intramolecular Hbond substituents is 1. The van der Waals surface area contributed by atoms with Crippen LogP contribution in [0.5, 0.6) is 11.5 Å². The Kier molecular flexibility index (Phi) is 9.03. The van der Waals surface area contributed by atoms with Crippen molar-refractivity contribution in [1.29, 1.82) is 0 Å². The molecule has 0 bridgehead atoms. The summed E-state index contributed by atoms with van der Waals surface area (Å²) in [5, 5.41) is 15.7. The summed E-state index contributed by atoms with van der Waals surface area (Å²) < 4.78 is 5.94. The number of nitrogens with zero attached hydrogens (tertiary/aromatic N) is 1. The highest BCUT2D eigenvalue weighted by Gasteiger charge is 2.26. The molecule has 0 aliphatic rings. The quantitative estimate of drug-likeness (QED) is 0.242. The van der Waals surface area contributed by atoms with Gasteiger partial charge in [0.25, 0.3) is 0 Å². The van der Waals surface area contributed by atoms with Crippen LogP contribution in [0.25, 0.3) is 0 Å². The number of benzene rings is 3. The van der Waals surface area contributed by atoms with Crippen molar-refractivity contribution in [1.82, 2.24) is 5.43 Å². The summed E-state index contributed by atoms with van der Waals surface area (Å²) >= 11 is 6.23. The Morgan fingerprint density at radius 3 is 2.19 bits per heavy atom. The summed E-state index contributed by atoms with van der Waals surface area (Å²) in [6.45, 7) is 12.8. The highest BCUT2D eigenvalue weighted by Crippen LogP contribution is 2.40. The van der Waals surface area contributed by atoms with Crippen LogP contribution in [0.2, 0.25) is 5.02 Å². The highest BCUT2D eigenvalue weighted by atomic mass is 35.5. The maximum Gasteiger partial charge on any atom is 0.240 e. The van der Waals surface area contributed by atoms with E-state index in [9.17, 15) is 9.90 Å². The average molecular weight is 521 g/mol. The maximum atomic E-state index is 12.6. The van der Waals surface area contributed by atoms with Gasteiger partial charge in [0.1, 0.15) is 18.1 Å². The van der Waals surface area contributed by atoms with Gasteiger partial charge in [-0.3, -0.25) is 4.79 Å². The zero-order valence-corrected chi connectivity index (χ0v) is 23.3. The molecule has 0 atom stereocenters. The molecule has 6 heteroatoms. The molecule has 1 amide bonds. The lowest BCUT2D eigenvalue weighted by molar-refractivity contribution is -0.121. The van der Waals surface area contributed by atoms with Gasteiger partial charge in [-0.2, -0.15) is 5.10 Å². The number of amides is 1. The monoisotopic (exact) mass is 520 g/mol. The molecule has 0 aliphatic carbocycles. The van der Waals surface area contributed by atoms with Crippen molar-refractivity contribution in [3.05, 3.63) is 93.5 Å². The number of hydrogen-bond donors (Lipinski definition) is 2. The predicted octanol–water partition coefficient (Wildman–Crippen LogP) is 7.30. The molecule has 2 N–H and O–H groups in total. The highest BCUT2D eigenvalue weighted by molar-refractivity contribution is 6.31. The summed E-state index contributed by atoms with van der Waals surface area (Å²) in [4.78, 5) is 12.6. The van der Waals surface area contributed by atoms with E-state index < -0.39 is 0 Å². The molecule has 0 aliphatic heterocycles. The summed E-state index contributed by atoms with van der Waals surface area (Å²) in [5.74, 6) is 0.801. The molecule has 3 aromatic carbocycles. The molecule has 0 saturated heterocycles. The molecule has 3 rings (SSSR count). The van der Waals surface area contributed by atoms with E-state index in [0.717, 1.165) is 27.8 Å². The van der Waals surface area contributed by atoms with Gasteiger partial charge in [-0.15, -0.1) is 0 Å². The lowest BCUT2D eigenvalue weighted by atomic mass is 9.78. The van der Waals surface area contributed by atoms with Gasteiger partial charge in [0.15, 0.2) is 0 Å². The molecule has 0 fully saturated rings. The van der Waals surface area contributed by atoms with E-state index in [1.807, 2.05) is 60.7 Å². The van der Waals surface area contributed by atoms with E-state index in [4.69, 9.17) is 16.3 Å². The Balaban J connectivity index is 1.64. The number of hydrogen-bond acceptors (Lipinski definition) is 4. The Morgan fingerprint density at radius 2 is 1.57 bits per heavy atom. The lowest BCUT2D eigenvalue weighted by Crippen LogP contribution is -2.20. The molecular weight excluding hydrogens is 484 g/mol. The summed E-state index contributed by atoms with van der Waals surface area (Å²) in [6.07, 6.45) is 2.40. The van der Waals surface area contributed by atoms with Crippen molar-refractivity contribution in [3.63, 3.8) is 0 Å². The smallest absolute Gasteiger partial charge is 0.240 e. The van der Waals surface area contributed by atoms with E-state index in [1.165, 1.54) is 0 Å². The van der Waals surface area contributed by atoms with Crippen LogP contribution in [0.4, 0.5) is 0 Å². The van der Waals surface area contributed by atoms with Crippen LogP contribution in [0.1, 0.15) is 75.8 Å². The number of carbonyl (C=O) groups excluding carboxylic acids is 1. The number of ether oxygens (including phenoxy) is 1. The van der Waals surface area contributed by atoms with Gasteiger partial charge in [0, 0.05) is 22.6 Å². The Labute approximate surface area is 225 Å². The van der Waals surface area contributed by atoms with Gasteiger partial charge in [-0.1, -0.05) is 95.6 Å². The third-order valence-electron chi connectivity index (χ3n) is 6.08. The van der Waals surface area contributed by atoms with Crippen LogP contribution in [-0.2, 0) is 28.7 Å². The van der Waals surface area contributed by atoms with Gasteiger partial charge in [-0.05, 0) is 52.1 Å². The zero-order chi connectivity index (χ0) is 27.2. The number of carbonyl (C=O) groups is 1. The second-order valence-corrected chi connectivity index (χ2v) is 11.7. The van der Waals surface area contributed by atoms with Gasteiger partial charge in [-0.25, -0.2) is 5.43 Å².